The summed E-state index contributed by atoms with van der Waals surface area (Å²) in [5.41, 5.74) is 4.43. The second-order valence-corrected chi connectivity index (χ2v) is 12.1. The van der Waals surface area contributed by atoms with Gasteiger partial charge >= 0.3 is 5.97 Å². The maximum atomic E-state index is 14.0. The van der Waals surface area contributed by atoms with Gasteiger partial charge in [-0.1, -0.05) is 56.3 Å². The van der Waals surface area contributed by atoms with Crippen molar-refractivity contribution in [3.63, 3.8) is 0 Å². The molecule has 0 saturated carbocycles. The number of carbonyl (C=O) groups is 1. The average Bonchev–Trinajstić information content (AvgIpc) is 3.16. The minimum absolute atomic E-state index is 0.0177. The monoisotopic (exact) mass is 500 g/mol. The number of fused-ring (bicyclic) bond motifs is 2. The molecule has 0 saturated heterocycles. The molecule has 5 rings (SSSR count). The fourth-order valence-electron chi connectivity index (χ4n) is 5.10. The Kier molecular flexibility index (Phi) is 5.83. The van der Waals surface area contributed by atoms with Crippen molar-refractivity contribution in [1.82, 2.24) is 4.98 Å². The van der Waals surface area contributed by atoms with E-state index in [0.29, 0.717) is 5.82 Å². The van der Waals surface area contributed by atoms with Gasteiger partial charge in [0.05, 0.1) is 17.0 Å². The van der Waals surface area contributed by atoms with E-state index in [1.807, 2.05) is 37.3 Å². The molecule has 1 aliphatic rings. The Bertz CT molecular complexity index is 1590. The summed E-state index contributed by atoms with van der Waals surface area (Å²) in [6.07, 6.45) is 3.65. The highest BCUT2D eigenvalue weighted by atomic mass is 32.2. The maximum Gasteiger partial charge on any atom is 0.335 e. The van der Waals surface area contributed by atoms with Crippen LogP contribution in [0.3, 0.4) is 0 Å². The van der Waals surface area contributed by atoms with Crippen LogP contribution >= 0.6 is 0 Å². The minimum Gasteiger partial charge on any atom is -0.478 e. The molecule has 7 heteroatoms. The van der Waals surface area contributed by atoms with Gasteiger partial charge in [-0.05, 0) is 71.5 Å². The molecule has 0 fully saturated rings. The lowest BCUT2D eigenvalue weighted by molar-refractivity contribution is 0.0696. The molecular formula is C29H28N2O4S. The van der Waals surface area contributed by atoms with Gasteiger partial charge in [0, 0.05) is 17.1 Å². The Hall–Kier alpha value is -3.71. The normalized spacial score (nSPS) is 14.5. The van der Waals surface area contributed by atoms with Crippen molar-refractivity contribution in [2.45, 2.75) is 45.1 Å². The van der Waals surface area contributed by atoms with Crippen molar-refractivity contribution in [3.05, 3.63) is 101 Å². The summed E-state index contributed by atoms with van der Waals surface area (Å²) in [5, 5.41) is 11.1. The molecular weight excluding hydrogens is 472 g/mol. The second kappa shape index (κ2) is 8.75. The largest absolute Gasteiger partial charge is 0.478 e. The number of aromatic nitrogens is 1. The Morgan fingerprint density at radius 2 is 1.69 bits per heavy atom. The van der Waals surface area contributed by atoms with Gasteiger partial charge in [0.2, 0.25) is 0 Å². The third-order valence-corrected chi connectivity index (χ3v) is 8.64. The van der Waals surface area contributed by atoms with Crippen LogP contribution in [-0.4, -0.2) is 24.5 Å². The van der Waals surface area contributed by atoms with Crippen LogP contribution < -0.4 is 4.31 Å². The van der Waals surface area contributed by atoms with E-state index in [1.54, 1.807) is 6.20 Å². The number of hydrogen-bond donors (Lipinski definition) is 1. The van der Waals surface area contributed by atoms with Crippen LogP contribution in [-0.2, 0) is 29.4 Å². The lowest BCUT2D eigenvalue weighted by Crippen LogP contribution is -2.32. The molecule has 1 heterocycles. The molecule has 1 N–H and O–H groups in total. The van der Waals surface area contributed by atoms with Crippen LogP contribution in [0.2, 0.25) is 0 Å². The van der Waals surface area contributed by atoms with Gasteiger partial charge in [-0.2, -0.15) is 0 Å². The summed E-state index contributed by atoms with van der Waals surface area (Å²) < 4.78 is 29.3. The molecule has 0 spiro atoms. The molecule has 1 aromatic heterocycles. The first kappa shape index (κ1) is 24.0. The number of hydrogen-bond acceptors (Lipinski definition) is 4. The summed E-state index contributed by atoms with van der Waals surface area (Å²) in [6, 6.07) is 19.3. The van der Waals surface area contributed by atoms with Crippen molar-refractivity contribution in [3.8, 4) is 0 Å². The van der Waals surface area contributed by atoms with Gasteiger partial charge in [-0.3, -0.25) is 0 Å². The first-order chi connectivity index (χ1) is 17.0. The van der Waals surface area contributed by atoms with Crippen LogP contribution in [0.25, 0.3) is 10.8 Å². The summed E-state index contributed by atoms with van der Waals surface area (Å²) in [4.78, 5) is 15.9. The number of carboxylic acid groups (broad SMARTS) is 1. The zero-order chi connectivity index (χ0) is 25.7. The highest BCUT2D eigenvalue weighted by Crippen LogP contribution is 2.37. The van der Waals surface area contributed by atoms with Gasteiger partial charge in [-0.15, -0.1) is 0 Å². The maximum absolute atomic E-state index is 14.0. The van der Waals surface area contributed by atoms with Gasteiger partial charge < -0.3 is 5.11 Å². The Morgan fingerprint density at radius 1 is 1.00 bits per heavy atom. The summed E-state index contributed by atoms with van der Waals surface area (Å²) >= 11 is 0. The summed E-state index contributed by atoms with van der Waals surface area (Å²) in [7, 11) is -4.04. The van der Waals surface area contributed by atoms with Gasteiger partial charge in [0.15, 0.2) is 0 Å². The predicted molar refractivity (Wildman–Crippen MR) is 141 cm³/mol. The van der Waals surface area contributed by atoms with Gasteiger partial charge in [-0.25, -0.2) is 22.5 Å². The minimum atomic E-state index is -4.04. The topological polar surface area (TPSA) is 87.6 Å². The van der Waals surface area contributed by atoms with E-state index in [9.17, 15) is 18.3 Å². The van der Waals surface area contributed by atoms with E-state index in [2.05, 4.69) is 31.0 Å². The molecule has 6 nitrogen and oxygen atoms in total. The lowest BCUT2D eigenvalue weighted by Gasteiger charge is -2.26. The van der Waals surface area contributed by atoms with E-state index < -0.39 is 16.0 Å². The molecule has 3 aromatic carbocycles. The van der Waals surface area contributed by atoms with Crippen LogP contribution in [0.15, 0.2) is 77.8 Å². The van der Waals surface area contributed by atoms with Gasteiger partial charge in [0.1, 0.15) is 5.82 Å². The number of rotatable bonds is 6. The molecule has 0 unspecified atom stereocenters. The van der Waals surface area contributed by atoms with E-state index in [-0.39, 0.29) is 22.4 Å². The zero-order valence-electron chi connectivity index (χ0n) is 20.5. The van der Waals surface area contributed by atoms with E-state index in [1.165, 1.54) is 39.7 Å². The van der Waals surface area contributed by atoms with Crippen LogP contribution in [0.1, 0.15) is 46.5 Å². The standard InChI is InChI=1S/C29H28N2O4S/c1-19-26-7-5-4-6-23(26)17-30-27(19)31(36(34,35)25-12-10-21(11-13-25)28(32)33)18-20-8-9-22-15-29(2,3)16-24(22)14-20/h4-14,17H,15-16,18H2,1-3H3,(H,32,33). The number of anilines is 1. The fourth-order valence-corrected chi connectivity index (χ4v) is 6.56. The van der Waals surface area contributed by atoms with Crippen molar-refractivity contribution >= 4 is 32.6 Å². The van der Waals surface area contributed by atoms with Crippen LogP contribution in [0.5, 0.6) is 0 Å². The Balaban J connectivity index is 1.62. The van der Waals surface area contributed by atoms with E-state index >= 15 is 0 Å². The molecule has 0 aliphatic heterocycles. The van der Waals surface area contributed by atoms with E-state index in [0.717, 1.165) is 34.7 Å². The Labute approximate surface area is 211 Å². The summed E-state index contributed by atoms with van der Waals surface area (Å²) in [6.45, 7) is 6.48. The molecule has 184 valence electrons. The summed E-state index contributed by atoms with van der Waals surface area (Å²) in [5.74, 6) is -0.749. The number of carboxylic acids is 1. The van der Waals surface area contributed by atoms with Crippen molar-refractivity contribution < 1.29 is 18.3 Å². The molecule has 1 aliphatic carbocycles. The fraction of sp³-hybridized carbons (Fsp3) is 0.241. The van der Waals surface area contributed by atoms with Gasteiger partial charge in [0.25, 0.3) is 10.0 Å². The third-order valence-electron chi connectivity index (χ3n) is 6.89. The molecule has 0 atom stereocenters. The first-order valence-electron chi connectivity index (χ1n) is 11.9. The van der Waals surface area contributed by atoms with Crippen molar-refractivity contribution in [2.24, 2.45) is 5.41 Å². The zero-order valence-corrected chi connectivity index (χ0v) is 21.3. The molecule has 0 amide bonds. The van der Waals surface area contributed by atoms with Crippen molar-refractivity contribution in [2.75, 3.05) is 4.31 Å². The molecule has 0 bridgehead atoms. The van der Waals surface area contributed by atoms with E-state index in [4.69, 9.17) is 0 Å². The predicted octanol–water partition coefficient (Wildman–Crippen LogP) is 5.76. The number of sulfonamides is 1. The number of nitrogens with zero attached hydrogens (tertiary/aromatic N) is 2. The second-order valence-electron chi connectivity index (χ2n) is 10.3. The molecule has 0 radical (unpaired) electrons. The number of pyridine rings is 1. The number of benzene rings is 3. The molecule has 36 heavy (non-hydrogen) atoms. The smallest absolute Gasteiger partial charge is 0.335 e. The average molecular weight is 501 g/mol. The molecule has 4 aromatic rings. The highest BCUT2D eigenvalue weighted by Gasteiger charge is 2.31. The number of aryl methyl sites for hydroxylation is 1. The van der Waals surface area contributed by atoms with Crippen LogP contribution in [0, 0.1) is 12.3 Å². The SMILES string of the molecule is Cc1c(N(Cc2ccc3c(c2)CC(C)(C)C3)S(=O)(=O)c2ccc(C(=O)O)cc2)ncc2ccccc12. The first-order valence-corrected chi connectivity index (χ1v) is 13.3. The quantitative estimate of drug-likeness (QED) is 0.364. The van der Waals surface area contributed by atoms with Crippen LogP contribution in [0.4, 0.5) is 5.82 Å². The highest BCUT2D eigenvalue weighted by molar-refractivity contribution is 7.92. The lowest BCUT2D eigenvalue weighted by atomic mass is 9.90. The van der Waals surface area contributed by atoms with Crippen molar-refractivity contribution in [1.29, 1.82) is 0 Å². The third kappa shape index (κ3) is 4.35. The Morgan fingerprint density at radius 3 is 2.42 bits per heavy atom. The number of aromatic carboxylic acids is 1.